The van der Waals surface area contributed by atoms with Gasteiger partial charge in [0.2, 0.25) is 5.89 Å². The quantitative estimate of drug-likeness (QED) is 0.416. The monoisotopic (exact) mass is 456 g/mol. The summed E-state index contributed by atoms with van der Waals surface area (Å²) in [6, 6.07) is 5.12. The second-order valence-corrected chi connectivity index (χ2v) is 4.65. The van der Waals surface area contributed by atoms with Crippen LogP contribution >= 0.6 is 24.0 Å². The van der Waals surface area contributed by atoms with Crippen LogP contribution in [0.1, 0.15) is 17.3 Å². The Hall–Kier alpha value is -1.98. The normalized spacial score (nSPS) is 11.8. The fourth-order valence-corrected chi connectivity index (χ4v) is 1.69. The average Bonchev–Trinajstić information content (AvgIpc) is 2.76. The van der Waals surface area contributed by atoms with Crippen LogP contribution in [0.3, 0.4) is 0 Å². The molecule has 0 fully saturated rings. The van der Waals surface area contributed by atoms with Gasteiger partial charge in [0.25, 0.3) is 0 Å². The number of aliphatic imine (C=N–C) groups is 1. The molecule has 10 heteroatoms. The zero-order valence-electron chi connectivity index (χ0n) is 12.8. The van der Waals surface area contributed by atoms with Crippen molar-refractivity contribution in [3.05, 3.63) is 41.6 Å². The first kappa shape index (κ1) is 20.1. The van der Waals surface area contributed by atoms with Crippen molar-refractivity contribution in [2.45, 2.75) is 26.8 Å². The van der Waals surface area contributed by atoms with Gasteiger partial charge in [-0.3, -0.25) is 0 Å². The molecule has 0 amide bonds. The Labute approximate surface area is 153 Å². The lowest BCUT2D eigenvalue weighted by molar-refractivity contribution is -0.274. The number of hydrogen-bond donors (Lipinski definition) is 2. The standard InChI is InChI=1S/C14H15F3N4O2.HI/c1-8-9(2)22-12(20-8)7-19-13(18)21-10-3-5-11(6-4-10)23-14(15,16)17;/h3-6H,7H2,1-2H3,(H3,18,19,21);1H. The first-order chi connectivity index (χ1) is 10.7. The number of rotatable bonds is 4. The molecule has 132 valence electrons. The van der Waals surface area contributed by atoms with E-state index < -0.39 is 6.36 Å². The highest BCUT2D eigenvalue weighted by atomic mass is 127. The fourth-order valence-electron chi connectivity index (χ4n) is 1.69. The van der Waals surface area contributed by atoms with Crippen molar-refractivity contribution in [3.63, 3.8) is 0 Å². The Bertz CT molecular complexity index is 680. The van der Waals surface area contributed by atoms with Gasteiger partial charge in [0.05, 0.1) is 5.69 Å². The minimum Gasteiger partial charge on any atom is -0.444 e. The number of hydrogen-bond acceptors (Lipinski definition) is 4. The van der Waals surface area contributed by atoms with Crippen LogP contribution in [0.4, 0.5) is 18.9 Å². The first-order valence-corrected chi connectivity index (χ1v) is 6.58. The highest BCUT2D eigenvalue weighted by molar-refractivity contribution is 14.0. The van der Waals surface area contributed by atoms with Crippen molar-refractivity contribution < 1.29 is 22.3 Å². The third-order valence-corrected chi connectivity index (χ3v) is 2.82. The summed E-state index contributed by atoms with van der Waals surface area (Å²) in [4.78, 5) is 8.20. The average molecular weight is 456 g/mol. The Morgan fingerprint density at radius 3 is 2.42 bits per heavy atom. The number of nitrogens with one attached hydrogen (secondary N) is 1. The molecule has 0 bridgehead atoms. The van der Waals surface area contributed by atoms with Gasteiger partial charge < -0.3 is 20.2 Å². The van der Waals surface area contributed by atoms with E-state index in [0.29, 0.717) is 17.3 Å². The van der Waals surface area contributed by atoms with Crippen LogP contribution in [0.5, 0.6) is 5.75 Å². The molecule has 0 atom stereocenters. The Morgan fingerprint density at radius 2 is 1.92 bits per heavy atom. The zero-order valence-corrected chi connectivity index (χ0v) is 15.2. The molecule has 1 heterocycles. The van der Waals surface area contributed by atoms with E-state index in [4.69, 9.17) is 10.2 Å². The molecule has 0 spiro atoms. The van der Waals surface area contributed by atoms with Crippen LogP contribution in [-0.2, 0) is 6.54 Å². The van der Waals surface area contributed by atoms with Gasteiger partial charge in [0.15, 0.2) is 5.96 Å². The maximum absolute atomic E-state index is 12.1. The number of aromatic nitrogens is 1. The summed E-state index contributed by atoms with van der Waals surface area (Å²) in [6.07, 6.45) is -4.72. The third-order valence-electron chi connectivity index (χ3n) is 2.82. The molecule has 1 aromatic carbocycles. The molecule has 0 radical (unpaired) electrons. The number of aryl methyl sites for hydroxylation is 2. The predicted octanol–water partition coefficient (Wildman–Crippen LogP) is 3.73. The van der Waals surface area contributed by atoms with Gasteiger partial charge in [-0.25, -0.2) is 9.98 Å². The third kappa shape index (κ3) is 6.26. The van der Waals surface area contributed by atoms with E-state index in [1.807, 2.05) is 6.92 Å². The summed E-state index contributed by atoms with van der Waals surface area (Å²) in [7, 11) is 0. The number of nitrogens with two attached hydrogens (primary N) is 1. The van der Waals surface area contributed by atoms with Crippen LogP contribution in [0, 0.1) is 13.8 Å². The molecule has 0 unspecified atom stereocenters. The van der Waals surface area contributed by atoms with Crippen molar-refractivity contribution >= 4 is 35.6 Å². The lowest BCUT2D eigenvalue weighted by Crippen LogP contribution is -2.22. The highest BCUT2D eigenvalue weighted by Gasteiger charge is 2.30. The number of anilines is 1. The smallest absolute Gasteiger partial charge is 0.444 e. The lowest BCUT2D eigenvalue weighted by atomic mass is 10.3. The molecule has 3 N–H and O–H groups in total. The largest absolute Gasteiger partial charge is 0.573 e. The summed E-state index contributed by atoms with van der Waals surface area (Å²) in [5.74, 6) is 0.910. The van der Waals surface area contributed by atoms with E-state index in [0.717, 1.165) is 5.69 Å². The summed E-state index contributed by atoms with van der Waals surface area (Å²) in [6.45, 7) is 3.77. The molecule has 2 aromatic rings. The van der Waals surface area contributed by atoms with Gasteiger partial charge >= 0.3 is 6.36 Å². The molecule has 0 aliphatic heterocycles. The number of benzene rings is 1. The van der Waals surface area contributed by atoms with E-state index in [9.17, 15) is 13.2 Å². The minimum absolute atomic E-state index is 0. The Kier molecular flexibility index (Phi) is 6.87. The van der Waals surface area contributed by atoms with E-state index in [1.54, 1.807) is 6.92 Å². The molecular weight excluding hydrogens is 440 g/mol. The van der Waals surface area contributed by atoms with Crippen LogP contribution < -0.4 is 15.8 Å². The van der Waals surface area contributed by atoms with Crippen LogP contribution in [-0.4, -0.2) is 17.3 Å². The first-order valence-electron chi connectivity index (χ1n) is 6.58. The minimum atomic E-state index is -4.72. The van der Waals surface area contributed by atoms with E-state index in [2.05, 4.69) is 20.0 Å². The molecular formula is C14H16F3IN4O2. The van der Waals surface area contributed by atoms with Crippen molar-refractivity contribution in [1.82, 2.24) is 4.98 Å². The highest BCUT2D eigenvalue weighted by Crippen LogP contribution is 2.23. The van der Waals surface area contributed by atoms with E-state index in [-0.39, 0.29) is 42.2 Å². The van der Waals surface area contributed by atoms with Crippen molar-refractivity contribution in [2.75, 3.05) is 5.32 Å². The second-order valence-electron chi connectivity index (χ2n) is 4.65. The van der Waals surface area contributed by atoms with E-state index >= 15 is 0 Å². The van der Waals surface area contributed by atoms with Crippen LogP contribution in [0.25, 0.3) is 0 Å². The van der Waals surface area contributed by atoms with Gasteiger partial charge in [0.1, 0.15) is 18.1 Å². The fraction of sp³-hybridized carbons (Fsp3) is 0.286. The van der Waals surface area contributed by atoms with Gasteiger partial charge in [0, 0.05) is 5.69 Å². The summed E-state index contributed by atoms with van der Waals surface area (Å²) < 4.78 is 45.3. The summed E-state index contributed by atoms with van der Waals surface area (Å²) in [5, 5.41) is 2.75. The van der Waals surface area contributed by atoms with E-state index in [1.165, 1.54) is 24.3 Å². The van der Waals surface area contributed by atoms with Crippen molar-refractivity contribution in [1.29, 1.82) is 0 Å². The zero-order chi connectivity index (χ0) is 17.0. The van der Waals surface area contributed by atoms with Gasteiger partial charge in [-0.05, 0) is 38.1 Å². The van der Waals surface area contributed by atoms with Gasteiger partial charge in [-0.1, -0.05) is 0 Å². The summed E-state index contributed by atoms with van der Waals surface area (Å²) >= 11 is 0. The van der Waals surface area contributed by atoms with Gasteiger partial charge in [-0.15, -0.1) is 37.1 Å². The van der Waals surface area contributed by atoms with Crippen molar-refractivity contribution in [2.24, 2.45) is 10.7 Å². The maximum atomic E-state index is 12.1. The maximum Gasteiger partial charge on any atom is 0.573 e. The molecule has 0 saturated heterocycles. The molecule has 0 saturated carbocycles. The molecule has 0 aliphatic rings. The molecule has 1 aromatic heterocycles. The SMILES string of the molecule is Cc1nc(CN=C(N)Nc2ccc(OC(F)(F)F)cc2)oc1C.I. The second kappa shape index (κ2) is 8.22. The Balaban J connectivity index is 0.00000288. The Morgan fingerprint density at radius 1 is 1.29 bits per heavy atom. The van der Waals surface area contributed by atoms with Crippen LogP contribution in [0.2, 0.25) is 0 Å². The molecule has 0 aliphatic carbocycles. The number of alkyl halides is 3. The van der Waals surface area contributed by atoms with Crippen molar-refractivity contribution in [3.8, 4) is 5.75 Å². The van der Waals surface area contributed by atoms with Crippen LogP contribution in [0.15, 0.2) is 33.7 Å². The molecule has 6 nitrogen and oxygen atoms in total. The number of oxazole rings is 1. The molecule has 2 rings (SSSR count). The lowest BCUT2D eigenvalue weighted by Gasteiger charge is -2.10. The number of halogens is 4. The topological polar surface area (TPSA) is 85.7 Å². The summed E-state index contributed by atoms with van der Waals surface area (Å²) in [5.41, 5.74) is 6.95. The number of guanidine groups is 1. The molecule has 24 heavy (non-hydrogen) atoms. The predicted molar refractivity (Wildman–Crippen MR) is 93.5 cm³/mol. The van der Waals surface area contributed by atoms with Gasteiger partial charge in [-0.2, -0.15) is 0 Å². The number of nitrogens with zero attached hydrogens (tertiary/aromatic N) is 2. The number of ether oxygens (including phenoxy) is 1.